The topological polar surface area (TPSA) is 108 Å². The van der Waals surface area contributed by atoms with Crippen molar-refractivity contribution < 1.29 is 26.9 Å². The van der Waals surface area contributed by atoms with Gasteiger partial charge in [0, 0.05) is 22.1 Å². The number of halogens is 3. The summed E-state index contributed by atoms with van der Waals surface area (Å²) in [6.07, 6.45) is -3.08. The second kappa shape index (κ2) is 8.19. The Morgan fingerprint density at radius 1 is 1.03 bits per heavy atom. The molecule has 33 heavy (non-hydrogen) atoms. The minimum Gasteiger partial charge on any atom is -0.444 e. The lowest BCUT2D eigenvalue weighted by atomic mass is 9.80. The quantitative estimate of drug-likeness (QED) is 0.436. The molecule has 0 radical (unpaired) electrons. The van der Waals surface area contributed by atoms with E-state index in [4.69, 9.17) is 10.2 Å². The fourth-order valence-corrected chi connectivity index (χ4v) is 3.50. The van der Waals surface area contributed by atoms with Gasteiger partial charge in [0.25, 0.3) is 0 Å². The van der Waals surface area contributed by atoms with Crippen LogP contribution in [0.1, 0.15) is 41.4 Å². The minimum absolute atomic E-state index is 0.144. The highest BCUT2D eigenvalue weighted by molar-refractivity contribution is 5.96. The van der Waals surface area contributed by atoms with Crippen molar-refractivity contribution in [3.05, 3.63) is 77.5 Å². The highest BCUT2D eigenvalue weighted by atomic mass is 19.4. The highest BCUT2D eigenvalue weighted by Gasteiger charge is 2.39. The fourth-order valence-electron chi connectivity index (χ4n) is 3.50. The Morgan fingerprint density at radius 3 is 2.39 bits per heavy atom. The number of amides is 1. The van der Waals surface area contributed by atoms with E-state index < -0.39 is 23.4 Å². The molecule has 0 bridgehead atoms. The SMILES string of the molecule is CC(C)(Cc1c(C(N)=O)cccc1-c1noc(C(F)(F)F)n1)c1coc(-c2ccccc2)n1. The molecular weight excluding hydrogens is 437 g/mol. The van der Waals surface area contributed by atoms with Gasteiger partial charge >= 0.3 is 12.1 Å². The number of alkyl halides is 3. The van der Waals surface area contributed by atoms with E-state index in [-0.39, 0.29) is 23.4 Å². The summed E-state index contributed by atoms with van der Waals surface area (Å²) in [5.41, 5.74) is 7.00. The summed E-state index contributed by atoms with van der Waals surface area (Å²) >= 11 is 0. The largest absolute Gasteiger partial charge is 0.471 e. The van der Waals surface area contributed by atoms with E-state index in [2.05, 4.69) is 19.6 Å². The number of hydrogen-bond donors (Lipinski definition) is 1. The number of nitrogens with zero attached hydrogens (tertiary/aromatic N) is 3. The predicted octanol–water partition coefficient (Wildman–Crippen LogP) is 5.03. The molecule has 0 fully saturated rings. The Labute approximate surface area is 186 Å². The van der Waals surface area contributed by atoms with Crippen molar-refractivity contribution in [1.82, 2.24) is 15.1 Å². The molecule has 2 N–H and O–H groups in total. The average Bonchev–Trinajstić information content (AvgIpc) is 3.44. The molecule has 2 aromatic carbocycles. The van der Waals surface area contributed by atoms with Crippen molar-refractivity contribution in [2.45, 2.75) is 31.9 Å². The Bertz CT molecular complexity index is 1290. The van der Waals surface area contributed by atoms with Crippen LogP contribution in [0.15, 0.2) is 63.7 Å². The zero-order valence-electron chi connectivity index (χ0n) is 17.7. The predicted molar refractivity (Wildman–Crippen MR) is 112 cm³/mol. The smallest absolute Gasteiger partial charge is 0.444 e. The van der Waals surface area contributed by atoms with Crippen molar-refractivity contribution in [2.75, 3.05) is 0 Å². The lowest BCUT2D eigenvalue weighted by Gasteiger charge is -2.24. The second-order valence-corrected chi connectivity index (χ2v) is 8.08. The molecule has 0 saturated carbocycles. The monoisotopic (exact) mass is 456 g/mol. The molecule has 0 saturated heterocycles. The molecule has 10 heteroatoms. The molecule has 2 heterocycles. The third-order valence-electron chi connectivity index (χ3n) is 5.19. The molecular formula is C23H19F3N4O3. The van der Waals surface area contributed by atoms with Crippen LogP contribution in [0.5, 0.6) is 0 Å². The number of primary amides is 1. The molecule has 4 aromatic rings. The normalized spacial score (nSPS) is 12.2. The van der Waals surface area contributed by atoms with Gasteiger partial charge < -0.3 is 14.7 Å². The number of carbonyl (C=O) groups is 1. The maximum Gasteiger partial charge on any atom is 0.471 e. The van der Waals surface area contributed by atoms with Crippen LogP contribution in [-0.2, 0) is 18.0 Å². The summed E-state index contributed by atoms with van der Waals surface area (Å²) in [4.78, 5) is 20.2. The zero-order valence-corrected chi connectivity index (χ0v) is 17.7. The molecule has 2 aromatic heterocycles. The second-order valence-electron chi connectivity index (χ2n) is 8.08. The van der Waals surface area contributed by atoms with Crippen LogP contribution in [0, 0.1) is 0 Å². The van der Waals surface area contributed by atoms with Gasteiger partial charge in [-0.25, -0.2) is 4.98 Å². The first kappa shape index (κ1) is 22.3. The van der Waals surface area contributed by atoms with Crippen molar-refractivity contribution in [3.8, 4) is 22.8 Å². The summed E-state index contributed by atoms with van der Waals surface area (Å²) in [6.45, 7) is 3.75. The van der Waals surface area contributed by atoms with E-state index in [9.17, 15) is 18.0 Å². The Hall–Kier alpha value is -3.95. The number of aromatic nitrogens is 3. The van der Waals surface area contributed by atoms with Crippen molar-refractivity contribution in [3.63, 3.8) is 0 Å². The van der Waals surface area contributed by atoms with Crippen molar-refractivity contribution in [1.29, 1.82) is 0 Å². The number of rotatable bonds is 6. The highest BCUT2D eigenvalue weighted by Crippen LogP contribution is 2.36. The van der Waals surface area contributed by atoms with Gasteiger partial charge in [-0.1, -0.05) is 49.3 Å². The average molecular weight is 456 g/mol. The van der Waals surface area contributed by atoms with E-state index in [1.165, 1.54) is 24.5 Å². The standard InChI is InChI=1S/C23H19F3N4O3/c1-22(2,17-12-32-20(28-17)13-7-4-3-5-8-13)11-16-14(18(27)31)9-6-10-15(16)19-29-21(33-30-19)23(24,25)26/h3-10,12H,11H2,1-2H3,(H2,27,31). The molecule has 0 spiro atoms. The Morgan fingerprint density at radius 2 is 1.76 bits per heavy atom. The molecule has 0 aliphatic rings. The lowest BCUT2D eigenvalue weighted by molar-refractivity contribution is -0.159. The number of benzene rings is 2. The van der Waals surface area contributed by atoms with Crippen LogP contribution in [0.3, 0.4) is 0 Å². The Kier molecular flexibility index (Phi) is 5.52. The van der Waals surface area contributed by atoms with Gasteiger partial charge in [0.2, 0.25) is 17.6 Å². The van der Waals surface area contributed by atoms with Crippen LogP contribution in [-0.4, -0.2) is 21.0 Å². The van der Waals surface area contributed by atoms with E-state index in [0.717, 1.165) is 5.56 Å². The van der Waals surface area contributed by atoms with Gasteiger partial charge in [-0.3, -0.25) is 4.79 Å². The first-order valence-corrected chi connectivity index (χ1v) is 9.90. The first-order valence-electron chi connectivity index (χ1n) is 9.90. The summed E-state index contributed by atoms with van der Waals surface area (Å²) in [5, 5.41) is 3.47. The summed E-state index contributed by atoms with van der Waals surface area (Å²) in [6, 6.07) is 13.8. The van der Waals surface area contributed by atoms with E-state index in [1.54, 1.807) is 0 Å². The number of nitrogens with two attached hydrogens (primary N) is 1. The molecule has 4 rings (SSSR count). The summed E-state index contributed by atoms with van der Waals surface area (Å²) in [7, 11) is 0. The van der Waals surface area contributed by atoms with E-state index in [0.29, 0.717) is 17.1 Å². The molecule has 0 aliphatic heterocycles. The van der Waals surface area contributed by atoms with E-state index >= 15 is 0 Å². The molecule has 170 valence electrons. The summed E-state index contributed by atoms with van der Waals surface area (Å²) in [5.74, 6) is -2.07. The van der Waals surface area contributed by atoms with Gasteiger partial charge in [-0.2, -0.15) is 18.2 Å². The third kappa shape index (κ3) is 4.50. The lowest BCUT2D eigenvalue weighted by Crippen LogP contribution is -2.24. The summed E-state index contributed by atoms with van der Waals surface area (Å²) < 4.78 is 48.9. The molecule has 1 amide bonds. The van der Waals surface area contributed by atoms with E-state index in [1.807, 2.05) is 44.2 Å². The van der Waals surface area contributed by atoms with Gasteiger partial charge in [-0.05, 0) is 30.2 Å². The first-order chi connectivity index (χ1) is 15.6. The molecule has 0 atom stereocenters. The molecule has 0 aliphatic carbocycles. The molecule has 0 unspecified atom stereocenters. The van der Waals surface area contributed by atoms with Crippen LogP contribution in [0.4, 0.5) is 13.2 Å². The van der Waals surface area contributed by atoms with Crippen LogP contribution in [0.2, 0.25) is 0 Å². The van der Waals surface area contributed by atoms with Crippen molar-refractivity contribution in [2.24, 2.45) is 5.73 Å². The number of carbonyl (C=O) groups excluding carboxylic acids is 1. The zero-order chi connectivity index (χ0) is 23.8. The molecule has 7 nitrogen and oxygen atoms in total. The maximum absolute atomic E-state index is 13.0. The third-order valence-corrected chi connectivity index (χ3v) is 5.19. The van der Waals surface area contributed by atoms with Gasteiger partial charge in [0.15, 0.2) is 0 Å². The minimum atomic E-state index is -4.79. The number of oxazole rings is 1. The van der Waals surface area contributed by atoms with Gasteiger partial charge in [0.1, 0.15) is 6.26 Å². The number of hydrogen-bond acceptors (Lipinski definition) is 6. The van der Waals surface area contributed by atoms with Gasteiger partial charge in [0.05, 0.1) is 5.69 Å². The van der Waals surface area contributed by atoms with Crippen LogP contribution >= 0.6 is 0 Å². The van der Waals surface area contributed by atoms with Crippen LogP contribution < -0.4 is 5.73 Å². The fraction of sp³-hybridized carbons (Fsp3) is 0.217. The van der Waals surface area contributed by atoms with Crippen LogP contribution in [0.25, 0.3) is 22.8 Å². The maximum atomic E-state index is 13.0. The van der Waals surface area contributed by atoms with Crippen molar-refractivity contribution >= 4 is 5.91 Å². The van der Waals surface area contributed by atoms with Gasteiger partial charge in [-0.15, -0.1) is 0 Å². The Balaban J connectivity index is 1.75.